The van der Waals surface area contributed by atoms with Gasteiger partial charge in [-0.15, -0.1) is 0 Å². The van der Waals surface area contributed by atoms with E-state index in [0.29, 0.717) is 25.2 Å². The lowest BCUT2D eigenvalue weighted by atomic mass is 10.1. The fourth-order valence-electron chi connectivity index (χ4n) is 2.06. The molecule has 0 aliphatic heterocycles. The van der Waals surface area contributed by atoms with Gasteiger partial charge in [0.05, 0.1) is 6.61 Å². The Hall–Kier alpha value is -2.57. The van der Waals surface area contributed by atoms with E-state index in [9.17, 15) is 14.4 Å². The number of nitrogens with one attached hydrogen (secondary N) is 2. The SMILES string of the molecule is CCOC(=O)NCC(=O)NCc1ccc(C(=O)N(CC)CC)cc1. The van der Waals surface area contributed by atoms with Gasteiger partial charge < -0.3 is 20.3 Å². The van der Waals surface area contributed by atoms with Crippen molar-refractivity contribution in [2.45, 2.75) is 27.3 Å². The van der Waals surface area contributed by atoms with Gasteiger partial charge in [-0.3, -0.25) is 9.59 Å². The standard InChI is InChI=1S/C17H25N3O4/c1-4-20(5-2)16(22)14-9-7-13(8-10-14)11-18-15(21)12-19-17(23)24-6-3/h7-10H,4-6,11-12H2,1-3H3,(H,18,21)(H,19,23). The third kappa shape index (κ3) is 6.28. The summed E-state index contributed by atoms with van der Waals surface area (Å²) in [5, 5.41) is 5.03. The number of hydrogen-bond donors (Lipinski definition) is 2. The van der Waals surface area contributed by atoms with Crippen molar-refractivity contribution >= 4 is 17.9 Å². The van der Waals surface area contributed by atoms with E-state index in [2.05, 4.69) is 15.4 Å². The molecule has 0 aliphatic rings. The molecule has 1 aromatic rings. The molecular formula is C17H25N3O4. The van der Waals surface area contributed by atoms with Crippen LogP contribution in [0.3, 0.4) is 0 Å². The molecule has 0 saturated heterocycles. The molecule has 7 nitrogen and oxygen atoms in total. The average Bonchev–Trinajstić information content (AvgIpc) is 2.59. The van der Waals surface area contributed by atoms with Crippen LogP contribution in [0, 0.1) is 0 Å². The molecule has 2 N–H and O–H groups in total. The highest BCUT2D eigenvalue weighted by molar-refractivity contribution is 5.94. The van der Waals surface area contributed by atoms with E-state index in [4.69, 9.17) is 0 Å². The summed E-state index contributed by atoms with van der Waals surface area (Å²) < 4.78 is 4.66. The van der Waals surface area contributed by atoms with Crippen molar-refractivity contribution in [2.24, 2.45) is 0 Å². The van der Waals surface area contributed by atoms with Crippen LogP contribution in [0.15, 0.2) is 24.3 Å². The zero-order valence-electron chi connectivity index (χ0n) is 14.4. The van der Waals surface area contributed by atoms with Crippen LogP contribution < -0.4 is 10.6 Å². The third-order valence-corrected chi connectivity index (χ3v) is 3.41. The highest BCUT2D eigenvalue weighted by atomic mass is 16.5. The fraction of sp³-hybridized carbons (Fsp3) is 0.471. The Morgan fingerprint density at radius 3 is 2.17 bits per heavy atom. The molecule has 0 spiro atoms. The summed E-state index contributed by atoms with van der Waals surface area (Å²) in [6.07, 6.45) is -0.619. The number of rotatable bonds is 8. The molecule has 7 heteroatoms. The van der Waals surface area contributed by atoms with Crippen molar-refractivity contribution in [1.82, 2.24) is 15.5 Å². The van der Waals surface area contributed by atoms with Crippen LogP contribution in [-0.2, 0) is 16.1 Å². The van der Waals surface area contributed by atoms with Crippen molar-refractivity contribution in [3.8, 4) is 0 Å². The molecule has 0 atom stereocenters. The Kier molecular flexibility index (Phi) is 8.32. The summed E-state index contributed by atoms with van der Waals surface area (Å²) >= 11 is 0. The highest BCUT2D eigenvalue weighted by Crippen LogP contribution is 2.07. The Bertz CT molecular complexity index is 553. The highest BCUT2D eigenvalue weighted by Gasteiger charge is 2.12. The number of amides is 3. The number of carbonyl (C=O) groups is 3. The summed E-state index contributed by atoms with van der Waals surface area (Å²) in [4.78, 5) is 36.6. The third-order valence-electron chi connectivity index (χ3n) is 3.41. The minimum Gasteiger partial charge on any atom is -0.450 e. The van der Waals surface area contributed by atoms with Gasteiger partial charge in [-0.2, -0.15) is 0 Å². The van der Waals surface area contributed by atoms with E-state index in [1.54, 1.807) is 36.1 Å². The molecule has 0 aliphatic carbocycles. The van der Waals surface area contributed by atoms with Crippen molar-refractivity contribution in [3.63, 3.8) is 0 Å². The summed E-state index contributed by atoms with van der Waals surface area (Å²) in [6, 6.07) is 7.10. The molecule has 0 aromatic heterocycles. The van der Waals surface area contributed by atoms with Crippen molar-refractivity contribution in [3.05, 3.63) is 35.4 Å². The molecule has 0 heterocycles. The molecule has 1 rings (SSSR count). The lowest BCUT2D eigenvalue weighted by Gasteiger charge is -2.18. The summed E-state index contributed by atoms with van der Waals surface area (Å²) in [5.74, 6) is -0.319. The first-order valence-corrected chi connectivity index (χ1v) is 8.07. The lowest BCUT2D eigenvalue weighted by molar-refractivity contribution is -0.120. The number of ether oxygens (including phenoxy) is 1. The first kappa shape index (κ1) is 19.5. The Labute approximate surface area is 142 Å². The number of hydrogen-bond acceptors (Lipinski definition) is 4. The Balaban J connectivity index is 2.46. The Morgan fingerprint density at radius 2 is 1.62 bits per heavy atom. The van der Waals surface area contributed by atoms with E-state index in [1.807, 2.05) is 13.8 Å². The molecule has 0 fully saturated rings. The quantitative estimate of drug-likeness (QED) is 0.754. The van der Waals surface area contributed by atoms with Crippen molar-refractivity contribution < 1.29 is 19.1 Å². The lowest BCUT2D eigenvalue weighted by Crippen LogP contribution is -2.36. The number of carbonyl (C=O) groups excluding carboxylic acids is 3. The summed E-state index contributed by atoms with van der Waals surface area (Å²) in [5.41, 5.74) is 1.49. The van der Waals surface area contributed by atoms with Gasteiger partial charge in [-0.1, -0.05) is 12.1 Å². The van der Waals surface area contributed by atoms with Crippen LogP contribution in [0.4, 0.5) is 4.79 Å². The number of nitrogens with zero attached hydrogens (tertiary/aromatic N) is 1. The van der Waals surface area contributed by atoms with Crippen molar-refractivity contribution in [2.75, 3.05) is 26.2 Å². The molecule has 0 saturated carbocycles. The van der Waals surface area contributed by atoms with Crippen LogP contribution in [0.2, 0.25) is 0 Å². The predicted octanol–water partition coefficient (Wildman–Crippen LogP) is 1.53. The van der Waals surface area contributed by atoms with E-state index < -0.39 is 6.09 Å². The first-order chi connectivity index (χ1) is 11.5. The fourth-order valence-corrected chi connectivity index (χ4v) is 2.06. The number of benzene rings is 1. The van der Waals surface area contributed by atoms with Gasteiger partial charge in [-0.25, -0.2) is 4.79 Å². The monoisotopic (exact) mass is 335 g/mol. The molecule has 0 radical (unpaired) electrons. The first-order valence-electron chi connectivity index (χ1n) is 8.07. The maximum Gasteiger partial charge on any atom is 0.407 e. The minimum absolute atomic E-state index is 0.00535. The molecule has 0 bridgehead atoms. The molecule has 132 valence electrons. The molecule has 1 aromatic carbocycles. The second-order valence-corrected chi connectivity index (χ2v) is 5.03. The normalized spacial score (nSPS) is 9.96. The van der Waals surface area contributed by atoms with E-state index in [-0.39, 0.29) is 25.0 Å². The van der Waals surface area contributed by atoms with E-state index in [0.717, 1.165) is 5.56 Å². The summed E-state index contributed by atoms with van der Waals surface area (Å²) in [7, 11) is 0. The van der Waals surface area contributed by atoms with Gasteiger partial charge in [0.15, 0.2) is 0 Å². The maximum atomic E-state index is 12.2. The van der Waals surface area contributed by atoms with Crippen LogP contribution >= 0.6 is 0 Å². The minimum atomic E-state index is -0.619. The van der Waals surface area contributed by atoms with Gasteiger partial charge >= 0.3 is 6.09 Å². The second-order valence-electron chi connectivity index (χ2n) is 5.03. The van der Waals surface area contributed by atoms with Crippen LogP contribution in [-0.4, -0.2) is 49.0 Å². The van der Waals surface area contributed by atoms with E-state index in [1.165, 1.54) is 0 Å². The Morgan fingerprint density at radius 1 is 1.00 bits per heavy atom. The topological polar surface area (TPSA) is 87.7 Å². The van der Waals surface area contributed by atoms with Crippen molar-refractivity contribution in [1.29, 1.82) is 0 Å². The van der Waals surface area contributed by atoms with Gasteiger partial charge in [-0.05, 0) is 38.5 Å². The second kappa shape index (κ2) is 10.3. The average molecular weight is 335 g/mol. The zero-order valence-corrected chi connectivity index (χ0v) is 14.4. The molecule has 3 amide bonds. The molecular weight excluding hydrogens is 310 g/mol. The summed E-state index contributed by atoms with van der Waals surface area (Å²) in [6.45, 7) is 7.34. The zero-order chi connectivity index (χ0) is 17.9. The predicted molar refractivity (Wildman–Crippen MR) is 90.6 cm³/mol. The smallest absolute Gasteiger partial charge is 0.407 e. The molecule has 24 heavy (non-hydrogen) atoms. The van der Waals surface area contributed by atoms with Gasteiger partial charge in [0, 0.05) is 25.2 Å². The number of alkyl carbamates (subject to hydrolysis) is 1. The molecule has 0 unspecified atom stereocenters. The van der Waals surface area contributed by atoms with Gasteiger partial charge in [0.1, 0.15) is 6.54 Å². The largest absolute Gasteiger partial charge is 0.450 e. The van der Waals surface area contributed by atoms with E-state index >= 15 is 0 Å². The van der Waals surface area contributed by atoms with Crippen LogP contribution in [0.1, 0.15) is 36.7 Å². The van der Waals surface area contributed by atoms with Crippen LogP contribution in [0.5, 0.6) is 0 Å². The maximum absolute atomic E-state index is 12.2. The van der Waals surface area contributed by atoms with Gasteiger partial charge in [0.25, 0.3) is 5.91 Å². The van der Waals surface area contributed by atoms with Gasteiger partial charge in [0.2, 0.25) is 5.91 Å². The van der Waals surface area contributed by atoms with Crippen LogP contribution in [0.25, 0.3) is 0 Å².